The first kappa shape index (κ1) is 10.5. The predicted molar refractivity (Wildman–Crippen MR) is 52.4 cm³/mol. The van der Waals surface area contributed by atoms with Crippen LogP contribution in [0.5, 0.6) is 0 Å². The highest BCUT2D eigenvalue weighted by molar-refractivity contribution is 5.18. The zero-order valence-electron chi connectivity index (χ0n) is 8.30. The average molecular weight is 213 g/mol. The summed E-state index contributed by atoms with van der Waals surface area (Å²) in [6, 6.07) is 3.93. The van der Waals surface area contributed by atoms with Crippen molar-refractivity contribution in [1.29, 1.82) is 0 Å². The molecule has 4 heteroatoms. The second-order valence-electron chi connectivity index (χ2n) is 3.68. The van der Waals surface area contributed by atoms with Gasteiger partial charge < -0.3 is 10.1 Å². The number of halogens is 2. The molecule has 1 unspecified atom stereocenters. The van der Waals surface area contributed by atoms with Gasteiger partial charge in [-0.05, 0) is 12.5 Å². The van der Waals surface area contributed by atoms with Gasteiger partial charge in [0.15, 0.2) is 0 Å². The molecule has 0 aliphatic carbocycles. The number of rotatable bonds is 3. The molecular weight excluding hydrogens is 200 g/mol. The Morgan fingerprint density at radius 1 is 1.40 bits per heavy atom. The van der Waals surface area contributed by atoms with Gasteiger partial charge in [-0.15, -0.1) is 0 Å². The summed E-state index contributed by atoms with van der Waals surface area (Å²) < 4.78 is 31.0. The molecule has 1 aromatic rings. The van der Waals surface area contributed by atoms with E-state index in [4.69, 9.17) is 4.74 Å². The van der Waals surface area contributed by atoms with Gasteiger partial charge in [0.1, 0.15) is 11.6 Å². The van der Waals surface area contributed by atoms with Crippen molar-refractivity contribution in [3.63, 3.8) is 0 Å². The van der Waals surface area contributed by atoms with Crippen LogP contribution in [0.1, 0.15) is 12.0 Å². The summed E-state index contributed by atoms with van der Waals surface area (Å²) in [7, 11) is 0. The van der Waals surface area contributed by atoms with E-state index in [-0.39, 0.29) is 6.04 Å². The molecule has 1 N–H and O–H groups in total. The first-order chi connectivity index (χ1) is 7.25. The number of ether oxygens (including phenoxy) is 1. The Morgan fingerprint density at radius 2 is 2.27 bits per heavy atom. The molecule has 1 fully saturated rings. The Labute approximate surface area is 87.2 Å². The predicted octanol–water partition coefficient (Wildman–Crippen LogP) is 1.84. The molecule has 1 aliphatic heterocycles. The summed E-state index contributed by atoms with van der Waals surface area (Å²) in [6.45, 7) is 1.84. The van der Waals surface area contributed by atoms with Crippen LogP contribution in [0, 0.1) is 11.6 Å². The SMILES string of the molecule is Fc1ccc(CNC2CCOC2)c(F)c1. The van der Waals surface area contributed by atoms with Gasteiger partial charge in [0.25, 0.3) is 0 Å². The van der Waals surface area contributed by atoms with Gasteiger partial charge in [-0.3, -0.25) is 0 Å². The van der Waals surface area contributed by atoms with Crippen molar-refractivity contribution in [2.45, 2.75) is 19.0 Å². The van der Waals surface area contributed by atoms with Crippen molar-refractivity contribution >= 4 is 0 Å². The van der Waals surface area contributed by atoms with Crippen LogP contribution < -0.4 is 5.32 Å². The Kier molecular flexibility index (Phi) is 3.28. The van der Waals surface area contributed by atoms with Crippen LogP contribution in [0.25, 0.3) is 0 Å². The lowest BCUT2D eigenvalue weighted by atomic mass is 10.2. The molecule has 0 spiro atoms. The van der Waals surface area contributed by atoms with Crippen LogP contribution >= 0.6 is 0 Å². The molecule has 0 saturated carbocycles. The molecule has 0 amide bonds. The molecular formula is C11H13F2NO. The molecule has 2 nitrogen and oxygen atoms in total. The van der Waals surface area contributed by atoms with Gasteiger partial charge >= 0.3 is 0 Å². The van der Waals surface area contributed by atoms with E-state index < -0.39 is 11.6 Å². The average Bonchev–Trinajstić information content (AvgIpc) is 2.69. The summed E-state index contributed by atoms with van der Waals surface area (Å²) >= 11 is 0. The van der Waals surface area contributed by atoms with E-state index in [9.17, 15) is 8.78 Å². The topological polar surface area (TPSA) is 21.3 Å². The molecule has 15 heavy (non-hydrogen) atoms. The standard InChI is InChI=1S/C11H13F2NO/c12-9-2-1-8(11(13)5-9)6-14-10-3-4-15-7-10/h1-2,5,10,14H,3-4,6-7H2. The van der Waals surface area contributed by atoms with Gasteiger partial charge in [-0.25, -0.2) is 8.78 Å². The fourth-order valence-electron chi connectivity index (χ4n) is 1.61. The zero-order chi connectivity index (χ0) is 10.7. The molecule has 1 saturated heterocycles. The van der Waals surface area contributed by atoms with Crippen LogP contribution in [0.3, 0.4) is 0 Å². The van der Waals surface area contributed by atoms with E-state index in [0.717, 1.165) is 19.1 Å². The first-order valence-electron chi connectivity index (χ1n) is 5.01. The van der Waals surface area contributed by atoms with Gasteiger partial charge in [0.2, 0.25) is 0 Å². The minimum Gasteiger partial charge on any atom is -0.380 e. The van der Waals surface area contributed by atoms with Gasteiger partial charge in [-0.1, -0.05) is 6.07 Å². The van der Waals surface area contributed by atoms with Crippen molar-refractivity contribution < 1.29 is 13.5 Å². The molecule has 82 valence electrons. The van der Waals surface area contributed by atoms with Crippen LogP contribution in [-0.4, -0.2) is 19.3 Å². The smallest absolute Gasteiger partial charge is 0.130 e. The maximum Gasteiger partial charge on any atom is 0.130 e. The Balaban J connectivity index is 1.92. The second kappa shape index (κ2) is 4.68. The maximum atomic E-state index is 13.2. The Bertz CT molecular complexity index is 337. The van der Waals surface area contributed by atoms with Crippen molar-refractivity contribution in [1.82, 2.24) is 5.32 Å². The maximum absolute atomic E-state index is 13.2. The van der Waals surface area contributed by atoms with Crippen LogP contribution in [-0.2, 0) is 11.3 Å². The Hall–Kier alpha value is -1.00. The molecule has 1 aliphatic rings. The van der Waals surface area contributed by atoms with E-state index in [1.807, 2.05) is 0 Å². The number of benzene rings is 1. The van der Waals surface area contributed by atoms with Crippen molar-refractivity contribution in [2.75, 3.05) is 13.2 Å². The lowest BCUT2D eigenvalue weighted by molar-refractivity contribution is 0.189. The summed E-state index contributed by atoms with van der Waals surface area (Å²) in [6.07, 6.45) is 0.947. The van der Waals surface area contributed by atoms with E-state index in [1.165, 1.54) is 12.1 Å². The highest BCUT2D eigenvalue weighted by atomic mass is 19.1. The van der Waals surface area contributed by atoms with Crippen LogP contribution in [0.4, 0.5) is 8.78 Å². The molecule has 2 rings (SSSR count). The summed E-state index contributed by atoms with van der Waals surface area (Å²) in [4.78, 5) is 0. The fraction of sp³-hybridized carbons (Fsp3) is 0.455. The second-order valence-corrected chi connectivity index (χ2v) is 3.68. The van der Waals surface area contributed by atoms with Crippen molar-refractivity contribution in [3.8, 4) is 0 Å². The zero-order valence-corrected chi connectivity index (χ0v) is 8.30. The quantitative estimate of drug-likeness (QED) is 0.827. The van der Waals surface area contributed by atoms with Crippen LogP contribution in [0.15, 0.2) is 18.2 Å². The lowest BCUT2D eigenvalue weighted by Crippen LogP contribution is -2.28. The van der Waals surface area contributed by atoms with Gasteiger partial charge in [0, 0.05) is 30.8 Å². The molecule has 1 aromatic carbocycles. The summed E-state index contributed by atoms with van der Waals surface area (Å²) in [5.74, 6) is -1.04. The third kappa shape index (κ3) is 2.73. The van der Waals surface area contributed by atoms with Gasteiger partial charge in [-0.2, -0.15) is 0 Å². The number of nitrogens with one attached hydrogen (secondary N) is 1. The van der Waals surface area contributed by atoms with E-state index >= 15 is 0 Å². The third-order valence-corrected chi connectivity index (χ3v) is 2.53. The fourth-order valence-corrected chi connectivity index (χ4v) is 1.61. The van der Waals surface area contributed by atoms with Gasteiger partial charge in [0.05, 0.1) is 6.61 Å². The van der Waals surface area contributed by atoms with Crippen LogP contribution in [0.2, 0.25) is 0 Å². The summed E-state index contributed by atoms with van der Waals surface area (Å²) in [5, 5.41) is 3.17. The molecule has 1 heterocycles. The minimum atomic E-state index is -0.541. The minimum absolute atomic E-state index is 0.287. The highest BCUT2D eigenvalue weighted by Crippen LogP contribution is 2.10. The summed E-state index contributed by atoms with van der Waals surface area (Å²) in [5.41, 5.74) is 0.489. The molecule has 0 bridgehead atoms. The normalized spacial score (nSPS) is 20.8. The first-order valence-corrected chi connectivity index (χ1v) is 5.01. The van der Waals surface area contributed by atoms with E-state index in [1.54, 1.807) is 0 Å². The monoisotopic (exact) mass is 213 g/mol. The number of hydrogen-bond donors (Lipinski definition) is 1. The van der Waals surface area contributed by atoms with Crippen molar-refractivity contribution in [3.05, 3.63) is 35.4 Å². The Morgan fingerprint density at radius 3 is 2.93 bits per heavy atom. The molecule has 0 aromatic heterocycles. The van der Waals surface area contributed by atoms with Crippen molar-refractivity contribution in [2.24, 2.45) is 0 Å². The van der Waals surface area contributed by atoms with E-state index in [2.05, 4.69) is 5.32 Å². The third-order valence-electron chi connectivity index (χ3n) is 2.53. The highest BCUT2D eigenvalue weighted by Gasteiger charge is 2.15. The molecule has 1 atom stereocenters. The molecule has 0 radical (unpaired) electrons. The lowest BCUT2D eigenvalue weighted by Gasteiger charge is -2.10. The largest absolute Gasteiger partial charge is 0.380 e. The number of hydrogen-bond acceptors (Lipinski definition) is 2. The van der Waals surface area contributed by atoms with E-state index in [0.29, 0.717) is 18.7 Å².